The second-order valence-electron chi connectivity index (χ2n) is 9.23. The van der Waals surface area contributed by atoms with Crippen LogP contribution >= 0.6 is 11.3 Å². The molecule has 1 amide bonds. The van der Waals surface area contributed by atoms with E-state index in [1.165, 1.54) is 17.1 Å². The summed E-state index contributed by atoms with van der Waals surface area (Å²) in [5.41, 5.74) is 1.51. The van der Waals surface area contributed by atoms with Crippen LogP contribution in [0.2, 0.25) is 0 Å². The molecule has 1 N–H and O–H groups in total. The summed E-state index contributed by atoms with van der Waals surface area (Å²) in [6, 6.07) is 24.2. The van der Waals surface area contributed by atoms with Crippen LogP contribution in [0, 0.1) is 6.92 Å². The Morgan fingerprint density at radius 1 is 1.02 bits per heavy atom. The predicted octanol–water partition coefficient (Wildman–Crippen LogP) is 6.77. The maximum atomic E-state index is 13.6. The topological polar surface area (TPSA) is 106 Å². The number of rotatable bonds is 10. The van der Waals surface area contributed by atoms with E-state index in [0.717, 1.165) is 16.9 Å². The maximum absolute atomic E-state index is 13.6. The molecule has 4 aromatic rings. The van der Waals surface area contributed by atoms with Gasteiger partial charge in [0.15, 0.2) is 16.7 Å². The van der Waals surface area contributed by atoms with Gasteiger partial charge < -0.3 is 14.6 Å². The summed E-state index contributed by atoms with van der Waals surface area (Å²) in [7, 11) is 0. The number of hydrogen-bond acceptors (Lipinski definition) is 8. The van der Waals surface area contributed by atoms with Gasteiger partial charge in [-0.25, -0.2) is 9.78 Å². The monoisotopic (exact) mass is 578 g/mol. The number of hydrogen-bond donors (Lipinski definition) is 1. The minimum absolute atomic E-state index is 0.0136. The fraction of sp³-hybridized carbons (Fsp3) is 0.0909. The largest absolute Gasteiger partial charge is 0.503 e. The second kappa shape index (κ2) is 12.5. The summed E-state index contributed by atoms with van der Waals surface area (Å²) in [6.45, 7) is 5.18. The number of aliphatic hydroxyl groups excluding tert-OH is 1. The molecule has 0 aliphatic carbocycles. The fourth-order valence-electron chi connectivity index (χ4n) is 4.44. The van der Waals surface area contributed by atoms with Gasteiger partial charge in [-0.05, 0) is 48.4 Å². The molecule has 0 fully saturated rings. The van der Waals surface area contributed by atoms with Gasteiger partial charge >= 0.3 is 5.97 Å². The molecule has 42 heavy (non-hydrogen) atoms. The number of allylic oxidation sites excluding steroid dienone is 1. The quantitative estimate of drug-likeness (QED) is 0.126. The summed E-state index contributed by atoms with van der Waals surface area (Å²) < 4.78 is 11.2. The fourth-order valence-corrected chi connectivity index (χ4v) is 5.43. The van der Waals surface area contributed by atoms with E-state index in [-0.39, 0.29) is 22.2 Å². The van der Waals surface area contributed by atoms with Crippen molar-refractivity contribution in [2.75, 3.05) is 11.5 Å². The molecule has 1 aliphatic heterocycles. The highest BCUT2D eigenvalue weighted by Gasteiger charge is 2.45. The number of carbonyl (C=O) groups excluding carboxylic acids is 3. The van der Waals surface area contributed by atoms with Crippen molar-refractivity contribution in [1.82, 2.24) is 4.98 Å². The van der Waals surface area contributed by atoms with Gasteiger partial charge in [0.25, 0.3) is 5.91 Å². The number of aryl methyl sites for hydroxylation is 1. The number of carbonyl (C=O) groups is 3. The van der Waals surface area contributed by atoms with Crippen molar-refractivity contribution in [3.63, 3.8) is 0 Å². The summed E-state index contributed by atoms with van der Waals surface area (Å²) in [5, 5.41) is 11.2. The number of esters is 1. The number of para-hydroxylation sites is 1. The molecule has 0 bridgehead atoms. The Kier molecular flexibility index (Phi) is 8.40. The van der Waals surface area contributed by atoms with E-state index in [2.05, 4.69) is 11.6 Å². The number of anilines is 1. The molecule has 5 rings (SSSR count). The van der Waals surface area contributed by atoms with Crippen LogP contribution in [0.5, 0.6) is 11.5 Å². The molecular formula is C33H26N2O6S. The first kappa shape index (κ1) is 28.3. The second-order valence-corrected chi connectivity index (χ2v) is 10.2. The number of nitrogens with zero attached hydrogens (tertiary/aromatic N) is 2. The summed E-state index contributed by atoms with van der Waals surface area (Å²) in [5.74, 6) is -1.60. The Morgan fingerprint density at radius 2 is 1.71 bits per heavy atom. The molecule has 8 nitrogen and oxygen atoms in total. The zero-order valence-corrected chi connectivity index (χ0v) is 23.4. The smallest absolute Gasteiger partial charge is 0.350 e. The zero-order valence-electron chi connectivity index (χ0n) is 22.6. The van der Waals surface area contributed by atoms with Gasteiger partial charge in [-0.1, -0.05) is 90.7 Å². The van der Waals surface area contributed by atoms with Gasteiger partial charge in [-0.15, -0.1) is 0 Å². The van der Waals surface area contributed by atoms with Crippen LogP contribution in [-0.4, -0.2) is 34.4 Å². The Bertz CT molecular complexity index is 1710. The van der Waals surface area contributed by atoms with Crippen molar-refractivity contribution in [2.45, 2.75) is 13.0 Å². The number of ether oxygens (including phenoxy) is 2. The predicted molar refractivity (Wildman–Crippen MR) is 161 cm³/mol. The Morgan fingerprint density at radius 3 is 2.43 bits per heavy atom. The molecule has 0 saturated heterocycles. The standard InChI is InChI=1S/C33H26N2O6S/c1-3-19-40-32(39)30-21(2)34-33(42-30)35-28(23-13-10-16-25(20-23)41-24-14-8-5-9-15-24)27(29(37)31(35)38)26(36)18-17-22-11-6-4-7-12-22/h3-18,20,28,37H,1,19H2,2H3. The lowest BCUT2D eigenvalue weighted by atomic mass is 9.95. The third kappa shape index (κ3) is 5.91. The summed E-state index contributed by atoms with van der Waals surface area (Å²) in [6.07, 6.45) is 4.38. The Labute approximate surface area is 246 Å². The molecule has 9 heteroatoms. The van der Waals surface area contributed by atoms with Gasteiger partial charge in [0.2, 0.25) is 0 Å². The summed E-state index contributed by atoms with van der Waals surface area (Å²) in [4.78, 5) is 45.7. The lowest BCUT2D eigenvalue weighted by molar-refractivity contribution is -0.117. The molecule has 1 atom stereocenters. The average Bonchev–Trinajstić information content (AvgIpc) is 3.52. The highest BCUT2D eigenvalue weighted by atomic mass is 32.1. The van der Waals surface area contributed by atoms with Crippen molar-refractivity contribution >= 4 is 40.2 Å². The van der Waals surface area contributed by atoms with Gasteiger partial charge in [0.1, 0.15) is 23.0 Å². The van der Waals surface area contributed by atoms with Crippen LogP contribution in [0.15, 0.2) is 115 Å². The van der Waals surface area contributed by atoms with E-state index >= 15 is 0 Å². The first-order chi connectivity index (χ1) is 20.4. The average molecular weight is 579 g/mol. The van der Waals surface area contributed by atoms with E-state index in [1.807, 2.05) is 48.5 Å². The minimum Gasteiger partial charge on any atom is -0.503 e. The third-order valence-corrected chi connectivity index (χ3v) is 7.50. The first-order valence-electron chi connectivity index (χ1n) is 13.0. The number of aliphatic hydroxyl groups is 1. The van der Waals surface area contributed by atoms with E-state index in [0.29, 0.717) is 22.8 Å². The SMILES string of the molecule is C=CCOC(=O)c1sc(N2C(=O)C(O)=C(C(=O)C=Cc3ccccc3)C2c2cccc(Oc3ccccc3)c2)nc1C. The van der Waals surface area contributed by atoms with Crippen molar-refractivity contribution in [2.24, 2.45) is 0 Å². The zero-order chi connectivity index (χ0) is 29.6. The van der Waals surface area contributed by atoms with Crippen molar-refractivity contribution in [1.29, 1.82) is 0 Å². The molecular weight excluding hydrogens is 552 g/mol. The lowest BCUT2D eigenvalue weighted by Gasteiger charge is -2.24. The highest BCUT2D eigenvalue weighted by Crippen LogP contribution is 2.44. The van der Waals surface area contributed by atoms with Gasteiger partial charge in [0, 0.05) is 0 Å². The number of ketones is 1. The van der Waals surface area contributed by atoms with Crippen molar-refractivity contribution < 1.29 is 29.0 Å². The normalized spacial score (nSPS) is 14.8. The van der Waals surface area contributed by atoms with Gasteiger partial charge in [-0.3, -0.25) is 14.5 Å². The van der Waals surface area contributed by atoms with Crippen molar-refractivity contribution in [3.8, 4) is 11.5 Å². The van der Waals surface area contributed by atoms with Gasteiger partial charge in [0.05, 0.1) is 17.3 Å². The minimum atomic E-state index is -1.05. The number of thiazole rings is 1. The Balaban J connectivity index is 1.57. The van der Waals surface area contributed by atoms with E-state index in [4.69, 9.17) is 9.47 Å². The molecule has 1 aromatic heterocycles. The summed E-state index contributed by atoms with van der Waals surface area (Å²) >= 11 is 0.937. The molecule has 1 aliphatic rings. The third-order valence-electron chi connectivity index (χ3n) is 6.36. The molecule has 3 aromatic carbocycles. The van der Waals surface area contributed by atoms with E-state index < -0.39 is 29.5 Å². The molecule has 210 valence electrons. The molecule has 0 spiro atoms. The van der Waals surface area contributed by atoms with Crippen LogP contribution in [0.4, 0.5) is 5.13 Å². The Hall–Kier alpha value is -5.28. The maximum Gasteiger partial charge on any atom is 0.350 e. The number of amides is 1. The van der Waals surface area contributed by atoms with Crippen molar-refractivity contribution in [3.05, 3.63) is 137 Å². The molecule has 2 heterocycles. The lowest BCUT2D eigenvalue weighted by Crippen LogP contribution is -2.30. The van der Waals surface area contributed by atoms with E-state index in [9.17, 15) is 19.5 Å². The van der Waals surface area contributed by atoms with Gasteiger partial charge in [-0.2, -0.15) is 0 Å². The van der Waals surface area contributed by atoms with Crippen LogP contribution in [0.1, 0.15) is 32.5 Å². The molecule has 0 saturated carbocycles. The van der Waals surface area contributed by atoms with E-state index in [1.54, 1.807) is 49.4 Å². The number of benzene rings is 3. The van der Waals surface area contributed by atoms with Crippen LogP contribution < -0.4 is 9.64 Å². The van der Waals surface area contributed by atoms with Crippen LogP contribution in [0.3, 0.4) is 0 Å². The molecule has 1 unspecified atom stereocenters. The molecule has 0 radical (unpaired) electrons. The van der Waals surface area contributed by atoms with Crippen LogP contribution in [0.25, 0.3) is 6.08 Å². The highest BCUT2D eigenvalue weighted by molar-refractivity contribution is 7.17. The van der Waals surface area contributed by atoms with Crippen LogP contribution in [-0.2, 0) is 14.3 Å². The number of aromatic nitrogens is 1. The first-order valence-corrected chi connectivity index (χ1v) is 13.8.